The maximum absolute atomic E-state index is 10.9. The first-order valence-corrected chi connectivity index (χ1v) is 6.76. The number of para-hydroxylation sites is 1. The molecule has 0 unspecified atom stereocenters. The maximum Gasteiger partial charge on any atom is 0.272 e. The Morgan fingerprint density at radius 2 is 1.80 bits per heavy atom. The van der Waals surface area contributed by atoms with Gasteiger partial charge in [0.25, 0.3) is 5.69 Å². The summed E-state index contributed by atoms with van der Waals surface area (Å²) in [6.45, 7) is 2.80. The SMILES string of the molecule is CCc1ccc(NCCc2ccccc2[N+](=O)[O-])cc1. The highest BCUT2D eigenvalue weighted by Crippen LogP contribution is 2.18. The monoisotopic (exact) mass is 270 g/mol. The zero-order valence-corrected chi connectivity index (χ0v) is 11.5. The van der Waals surface area contributed by atoms with E-state index < -0.39 is 0 Å². The molecule has 0 radical (unpaired) electrons. The van der Waals surface area contributed by atoms with Crippen LogP contribution in [0.4, 0.5) is 11.4 Å². The lowest BCUT2D eigenvalue weighted by molar-refractivity contribution is -0.385. The van der Waals surface area contributed by atoms with E-state index in [2.05, 4.69) is 24.4 Å². The minimum atomic E-state index is -0.328. The lowest BCUT2D eigenvalue weighted by Gasteiger charge is -2.07. The number of anilines is 1. The summed E-state index contributed by atoms with van der Waals surface area (Å²) in [5.41, 5.74) is 3.29. The molecule has 2 aromatic carbocycles. The van der Waals surface area contributed by atoms with Crippen molar-refractivity contribution >= 4 is 11.4 Å². The molecule has 20 heavy (non-hydrogen) atoms. The molecule has 4 heteroatoms. The van der Waals surface area contributed by atoms with Gasteiger partial charge in [0.2, 0.25) is 0 Å². The van der Waals surface area contributed by atoms with E-state index in [-0.39, 0.29) is 10.6 Å². The zero-order chi connectivity index (χ0) is 14.4. The van der Waals surface area contributed by atoms with E-state index in [1.165, 1.54) is 5.56 Å². The smallest absolute Gasteiger partial charge is 0.272 e. The summed E-state index contributed by atoms with van der Waals surface area (Å²) in [5, 5.41) is 14.2. The Balaban J connectivity index is 1.94. The first-order valence-electron chi connectivity index (χ1n) is 6.76. The fourth-order valence-electron chi connectivity index (χ4n) is 2.10. The first-order chi connectivity index (χ1) is 9.70. The molecule has 0 aliphatic carbocycles. The van der Waals surface area contributed by atoms with Crippen molar-refractivity contribution < 1.29 is 4.92 Å². The van der Waals surface area contributed by atoms with Gasteiger partial charge in [-0.05, 0) is 30.5 Å². The van der Waals surface area contributed by atoms with Crippen LogP contribution < -0.4 is 5.32 Å². The number of benzene rings is 2. The Labute approximate surface area is 118 Å². The van der Waals surface area contributed by atoms with Gasteiger partial charge in [-0.1, -0.05) is 37.3 Å². The minimum absolute atomic E-state index is 0.190. The highest BCUT2D eigenvalue weighted by molar-refractivity contribution is 5.45. The second kappa shape index (κ2) is 6.70. The van der Waals surface area contributed by atoms with Gasteiger partial charge in [-0.25, -0.2) is 0 Å². The molecule has 0 aliphatic rings. The number of aryl methyl sites for hydroxylation is 1. The van der Waals surface area contributed by atoms with Gasteiger partial charge in [0.15, 0.2) is 0 Å². The molecule has 0 amide bonds. The fourth-order valence-corrected chi connectivity index (χ4v) is 2.10. The van der Waals surface area contributed by atoms with Crippen LogP contribution in [0, 0.1) is 10.1 Å². The molecule has 0 saturated carbocycles. The molecule has 0 aromatic heterocycles. The summed E-state index contributed by atoms with van der Waals surface area (Å²) in [4.78, 5) is 10.6. The summed E-state index contributed by atoms with van der Waals surface area (Å²) < 4.78 is 0. The van der Waals surface area contributed by atoms with Crippen molar-refractivity contribution in [3.63, 3.8) is 0 Å². The quantitative estimate of drug-likeness (QED) is 0.641. The van der Waals surface area contributed by atoms with E-state index in [9.17, 15) is 10.1 Å². The molecule has 0 fully saturated rings. The van der Waals surface area contributed by atoms with Crippen LogP contribution in [0.5, 0.6) is 0 Å². The zero-order valence-electron chi connectivity index (χ0n) is 11.5. The molecular formula is C16H18N2O2. The van der Waals surface area contributed by atoms with Crippen molar-refractivity contribution in [3.05, 3.63) is 69.8 Å². The Bertz CT molecular complexity index is 579. The molecule has 0 spiro atoms. The number of nitrogens with zero attached hydrogens (tertiary/aromatic N) is 1. The molecule has 0 atom stereocenters. The summed E-state index contributed by atoms with van der Waals surface area (Å²) in [5.74, 6) is 0. The van der Waals surface area contributed by atoms with Crippen molar-refractivity contribution in [1.82, 2.24) is 0 Å². The van der Waals surface area contributed by atoms with Crippen LogP contribution in [0.15, 0.2) is 48.5 Å². The van der Waals surface area contributed by atoms with Crippen LogP contribution in [0.2, 0.25) is 0 Å². The van der Waals surface area contributed by atoms with Crippen molar-refractivity contribution in [2.24, 2.45) is 0 Å². The summed E-state index contributed by atoms with van der Waals surface area (Å²) in [7, 11) is 0. The molecule has 0 heterocycles. The lowest BCUT2D eigenvalue weighted by Crippen LogP contribution is -2.06. The van der Waals surface area contributed by atoms with Gasteiger partial charge < -0.3 is 5.32 Å². The van der Waals surface area contributed by atoms with E-state index in [4.69, 9.17) is 0 Å². The third-order valence-corrected chi connectivity index (χ3v) is 3.27. The normalized spacial score (nSPS) is 10.2. The van der Waals surface area contributed by atoms with Gasteiger partial charge in [-0.15, -0.1) is 0 Å². The number of rotatable bonds is 6. The third-order valence-electron chi connectivity index (χ3n) is 3.27. The number of nitro groups is 1. The van der Waals surface area contributed by atoms with Crippen molar-refractivity contribution in [2.75, 3.05) is 11.9 Å². The van der Waals surface area contributed by atoms with Crippen molar-refractivity contribution in [3.8, 4) is 0 Å². The molecule has 2 rings (SSSR count). The highest BCUT2D eigenvalue weighted by Gasteiger charge is 2.11. The van der Waals surface area contributed by atoms with Crippen LogP contribution in [0.1, 0.15) is 18.1 Å². The van der Waals surface area contributed by atoms with Crippen LogP contribution in [0.25, 0.3) is 0 Å². The van der Waals surface area contributed by atoms with Gasteiger partial charge >= 0.3 is 0 Å². The predicted molar refractivity (Wildman–Crippen MR) is 81.1 cm³/mol. The van der Waals surface area contributed by atoms with Gasteiger partial charge in [0, 0.05) is 23.9 Å². The molecule has 2 aromatic rings. The molecule has 0 aliphatic heterocycles. The Hall–Kier alpha value is -2.36. The second-order valence-corrected chi connectivity index (χ2v) is 4.61. The average molecular weight is 270 g/mol. The summed E-state index contributed by atoms with van der Waals surface area (Å²) in [6, 6.07) is 15.1. The van der Waals surface area contributed by atoms with E-state index in [1.54, 1.807) is 18.2 Å². The Kier molecular flexibility index (Phi) is 4.71. The van der Waals surface area contributed by atoms with Gasteiger partial charge in [-0.3, -0.25) is 10.1 Å². The molecule has 0 saturated heterocycles. The predicted octanol–water partition coefficient (Wildman–Crippen LogP) is 3.81. The standard InChI is InChI=1S/C16H18N2O2/c1-2-13-7-9-15(10-8-13)17-12-11-14-5-3-4-6-16(14)18(19)20/h3-10,17H,2,11-12H2,1H3. The van der Waals surface area contributed by atoms with E-state index in [1.807, 2.05) is 18.2 Å². The van der Waals surface area contributed by atoms with Gasteiger partial charge in [-0.2, -0.15) is 0 Å². The van der Waals surface area contributed by atoms with E-state index in [0.29, 0.717) is 13.0 Å². The van der Waals surface area contributed by atoms with Crippen molar-refractivity contribution in [2.45, 2.75) is 19.8 Å². The van der Waals surface area contributed by atoms with Crippen LogP contribution in [0.3, 0.4) is 0 Å². The average Bonchev–Trinajstić information content (AvgIpc) is 2.48. The third kappa shape index (κ3) is 3.57. The Morgan fingerprint density at radius 3 is 2.45 bits per heavy atom. The lowest BCUT2D eigenvalue weighted by atomic mass is 10.1. The maximum atomic E-state index is 10.9. The first kappa shape index (κ1) is 14.1. The van der Waals surface area contributed by atoms with Crippen LogP contribution in [-0.4, -0.2) is 11.5 Å². The summed E-state index contributed by atoms with van der Waals surface area (Å²) >= 11 is 0. The van der Waals surface area contributed by atoms with Gasteiger partial charge in [0.1, 0.15) is 0 Å². The molecule has 0 bridgehead atoms. The largest absolute Gasteiger partial charge is 0.385 e. The molecule has 1 N–H and O–H groups in total. The number of hydrogen-bond donors (Lipinski definition) is 1. The van der Waals surface area contributed by atoms with E-state index >= 15 is 0 Å². The molecule has 104 valence electrons. The highest BCUT2D eigenvalue weighted by atomic mass is 16.6. The van der Waals surface area contributed by atoms with E-state index in [0.717, 1.165) is 17.7 Å². The number of hydrogen-bond acceptors (Lipinski definition) is 3. The molecular weight excluding hydrogens is 252 g/mol. The molecule has 4 nitrogen and oxygen atoms in total. The van der Waals surface area contributed by atoms with Crippen molar-refractivity contribution in [1.29, 1.82) is 0 Å². The van der Waals surface area contributed by atoms with Crippen LogP contribution in [-0.2, 0) is 12.8 Å². The Morgan fingerprint density at radius 1 is 1.10 bits per heavy atom. The number of nitro benzene ring substituents is 1. The number of nitrogens with one attached hydrogen (secondary N) is 1. The van der Waals surface area contributed by atoms with Gasteiger partial charge in [0.05, 0.1) is 4.92 Å². The summed E-state index contributed by atoms with van der Waals surface area (Å²) in [6.07, 6.45) is 1.66. The topological polar surface area (TPSA) is 55.2 Å². The minimum Gasteiger partial charge on any atom is -0.385 e. The van der Waals surface area contributed by atoms with Crippen LogP contribution >= 0.6 is 0 Å². The second-order valence-electron chi connectivity index (χ2n) is 4.61. The fraction of sp³-hybridized carbons (Fsp3) is 0.250.